The molecule has 0 saturated carbocycles. The van der Waals surface area contributed by atoms with Crippen LogP contribution in [0.4, 0.5) is 0 Å². The minimum Gasteiger partial charge on any atom is -0.394 e. The van der Waals surface area contributed by atoms with Crippen molar-refractivity contribution in [1.29, 1.82) is 0 Å². The zero-order chi connectivity index (χ0) is 15.7. The third-order valence-corrected chi connectivity index (χ3v) is 5.50. The molecule has 1 aliphatic rings. The number of hydrogen-bond acceptors (Lipinski definition) is 5. The van der Waals surface area contributed by atoms with Crippen LogP contribution in [0.3, 0.4) is 0 Å². The first kappa shape index (κ1) is 17.0. The molecule has 1 aliphatic heterocycles. The minimum absolute atomic E-state index is 0.0452. The fourth-order valence-electron chi connectivity index (χ4n) is 2.14. The zero-order valence-electron chi connectivity index (χ0n) is 11.4. The molecule has 0 aromatic heterocycles. The van der Waals surface area contributed by atoms with Crippen LogP contribution >= 0.6 is 23.2 Å². The van der Waals surface area contributed by atoms with E-state index in [9.17, 15) is 13.5 Å². The molecule has 1 aromatic carbocycles. The summed E-state index contributed by atoms with van der Waals surface area (Å²) in [5.74, 6) is -1.92. The number of sulfone groups is 1. The van der Waals surface area contributed by atoms with Crippen LogP contribution < -0.4 is 0 Å². The molecule has 2 rings (SSSR count). The van der Waals surface area contributed by atoms with Crippen LogP contribution in [0.25, 0.3) is 0 Å². The summed E-state index contributed by atoms with van der Waals surface area (Å²) in [6, 6.07) is 4.66. The Morgan fingerprint density at radius 2 is 2.14 bits per heavy atom. The lowest BCUT2D eigenvalue weighted by Crippen LogP contribution is -2.37. The molecule has 5 nitrogen and oxygen atoms in total. The fraction of sp³-hybridized carbons (Fsp3) is 0.538. The first-order valence-electron chi connectivity index (χ1n) is 6.40. The van der Waals surface area contributed by atoms with E-state index in [-0.39, 0.29) is 29.7 Å². The molecule has 1 saturated heterocycles. The quantitative estimate of drug-likeness (QED) is 0.875. The molecule has 2 atom stereocenters. The number of ether oxygens (including phenoxy) is 2. The SMILES string of the molecule is CCS(=O)(=O)C[C@]1(c2ccc(Cl)cc2Cl)OC[C@@H](CO)O1. The number of halogens is 2. The van der Waals surface area contributed by atoms with Gasteiger partial charge < -0.3 is 14.6 Å². The minimum atomic E-state index is -3.39. The van der Waals surface area contributed by atoms with Gasteiger partial charge in [-0.1, -0.05) is 36.2 Å². The Morgan fingerprint density at radius 3 is 2.67 bits per heavy atom. The highest BCUT2D eigenvalue weighted by atomic mass is 35.5. The van der Waals surface area contributed by atoms with Crippen LogP contribution in [0.1, 0.15) is 12.5 Å². The van der Waals surface area contributed by atoms with E-state index in [1.165, 1.54) is 6.07 Å². The third-order valence-electron chi connectivity index (χ3n) is 3.25. The smallest absolute Gasteiger partial charge is 0.211 e. The molecular weight excluding hydrogens is 339 g/mol. The Balaban J connectivity index is 2.46. The lowest BCUT2D eigenvalue weighted by Gasteiger charge is -2.29. The number of rotatable bonds is 5. The molecule has 0 spiro atoms. The van der Waals surface area contributed by atoms with Crippen molar-refractivity contribution >= 4 is 33.0 Å². The molecule has 0 amide bonds. The van der Waals surface area contributed by atoms with Gasteiger partial charge in [0, 0.05) is 16.3 Å². The van der Waals surface area contributed by atoms with E-state index >= 15 is 0 Å². The average Bonchev–Trinajstić information content (AvgIpc) is 2.82. The van der Waals surface area contributed by atoms with E-state index in [2.05, 4.69) is 0 Å². The van der Waals surface area contributed by atoms with Crippen molar-refractivity contribution in [3.63, 3.8) is 0 Å². The van der Waals surface area contributed by atoms with Crippen molar-refractivity contribution < 1.29 is 23.0 Å². The molecule has 1 heterocycles. The normalized spacial score (nSPS) is 26.2. The summed E-state index contributed by atoms with van der Waals surface area (Å²) in [5, 5.41) is 9.89. The number of hydrogen-bond donors (Lipinski definition) is 1. The highest BCUT2D eigenvalue weighted by molar-refractivity contribution is 7.91. The van der Waals surface area contributed by atoms with Gasteiger partial charge in [-0.05, 0) is 12.1 Å². The molecule has 1 N–H and O–H groups in total. The van der Waals surface area contributed by atoms with Crippen LogP contribution in [0.15, 0.2) is 18.2 Å². The van der Waals surface area contributed by atoms with E-state index in [1.807, 2.05) is 0 Å². The third kappa shape index (κ3) is 3.70. The Morgan fingerprint density at radius 1 is 1.43 bits per heavy atom. The molecule has 0 aliphatic carbocycles. The van der Waals surface area contributed by atoms with Crippen LogP contribution in [0.5, 0.6) is 0 Å². The predicted molar refractivity (Wildman–Crippen MR) is 80.4 cm³/mol. The maximum Gasteiger partial charge on any atom is 0.211 e. The Bertz CT molecular complexity index is 619. The Labute approximate surface area is 133 Å². The lowest BCUT2D eigenvalue weighted by molar-refractivity contribution is -0.162. The maximum absolute atomic E-state index is 12.0. The van der Waals surface area contributed by atoms with Crippen LogP contribution in [0.2, 0.25) is 10.0 Å². The lowest BCUT2D eigenvalue weighted by atomic mass is 10.1. The second-order valence-electron chi connectivity index (χ2n) is 4.79. The first-order chi connectivity index (χ1) is 9.82. The monoisotopic (exact) mass is 354 g/mol. The van der Waals surface area contributed by atoms with E-state index in [0.29, 0.717) is 10.6 Å². The van der Waals surface area contributed by atoms with Gasteiger partial charge in [0.2, 0.25) is 5.79 Å². The van der Waals surface area contributed by atoms with Crippen molar-refractivity contribution in [2.75, 3.05) is 24.7 Å². The van der Waals surface area contributed by atoms with Gasteiger partial charge in [0.05, 0.1) is 18.2 Å². The van der Waals surface area contributed by atoms with Crippen molar-refractivity contribution in [2.24, 2.45) is 0 Å². The molecule has 118 valence electrons. The Kier molecular flexibility index (Phi) is 5.18. The standard InChI is InChI=1S/C13H16Cl2O5S/c1-2-21(17,18)8-13(19-7-10(6-16)20-13)11-4-3-9(14)5-12(11)15/h3-5,10,16H,2,6-8H2,1H3/t10-,13+/m1/s1. The molecule has 1 aromatic rings. The first-order valence-corrected chi connectivity index (χ1v) is 8.98. The average molecular weight is 355 g/mol. The summed E-state index contributed by atoms with van der Waals surface area (Å²) < 4.78 is 35.3. The van der Waals surface area contributed by atoms with Crippen molar-refractivity contribution in [3.8, 4) is 0 Å². The molecular formula is C13H16Cl2O5S. The molecule has 8 heteroatoms. The highest BCUT2D eigenvalue weighted by Gasteiger charge is 2.47. The van der Waals surface area contributed by atoms with Gasteiger partial charge in [0.1, 0.15) is 11.9 Å². The topological polar surface area (TPSA) is 72.8 Å². The van der Waals surface area contributed by atoms with Gasteiger partial charge in [-0.25, -0.2) is 8.42 Å². The van der Waals surface area contributed by atoms with E-state index in [4.69, 9.17) is 32.7 Å². The molecule has 1 fully saturated rings. The number of aliphatic hydroxyl groups is 1. The van der Waals surface area contributed by atoms with Gasteiger partial charge in [-0.3, -0.25) is 0 Å². The molecule has 0 radical (unpaired) electrons. The number of aliphatic hydroxyl groups excluding tert-OH is 1. The van der Waals surface area contributed by atoms with Crippen molar-refractivity contribution in [2.45, 2.75) is 18.8 Å². The largest absolute Gasteiger partial charge is 0.394 e. The molecule has 0 bridgehead atoms. The Hall–Kier alpha value is -0.370. The highest BCUT2D eigenvalue weighted by Crippen LogP contribution is 2.40. The maximum atomic E-state index is 12.0. The predicted octanol–water partition coefficient (Wildman–Crippen LogP) is 1.99. The van der Waals surface area contributed by atoms with Crippen molar-refractivity contribution in [1.82, 2.24) is 0 Å². The second-order valence-corrected chi connectivity index (χ2v) is 7.98. The molecule has 0 unspecified atom stereocenters. The summed E-state index contributed by atoms with van der Waals surface area (Å²) in [6.45, 7) is 1.37. The summed E-state index contributed by atoms with van der Waals surface area (Å²) >= 11 is 12.0. The van der Waals surface area contributed by atoms with E-state index in [0.717, 1.165) is 0 Å². The van der Waals surface area contributed by atoms with Gasteiger partial charge in [-0.15, -0.1) is 0 Å². The summed E-state index contributed by atoms with van der Waals surface area (Å²) in [6.07, 6.45) is -0.594. The van der Waals surface area contributed by atoms with Gasteiger partial charge >= 0.3 is 0 Å². The summed E-state index contributed by atoms with van der Waals surface area (Å²) in [5.41, 5.74) is 0.390. The van der Waals surface area contributed by atoms with Crippen LogP contribution in [0, 0.1) is 0 Å². The zero-order valence-corrected chi connectivity index (χ0v) is 13.7. The van der Waals surface area contributed by atoms with Gasteiger partial charge in [0.25, 0.3) is 0 Å². The van der Waals surface area contributed by atoms with E-state index in [1.54, 1.807) is 19.1 Å². The molecule has 21 heavy (non-hydrogen) atoms. The van der Waals surface area contributed by atoms with Gasteiger partial charge in [-0.2, -0.15) is 0 Å². The van der Waals surface area contributed by atoms with Crippen LogP contribution in [-0.2, 0) is 25.1 Å². The summed E-state index contributed by atoms with van der Waals surface area (Å²) in [4.78, 5) is 0. The summed E-state index contributed by atoms with van der Waals surface area (Å²) in [7, 11) is -3.39. The van der Waals surface area contributed by atoms with Crippen LogP contribution in [-0.4, -0.2) is 44.3 Å². The van der Waals surface area contributed by atoms with Crippen molar-refractivity contribution in [3.05, 3.63) is 33.8 Å². The fourth-order valence-corrected chi connectivity index (χ4v) is 3.78. The number of benzene rings is 1. The second kappa shape index (κ2) is 6.40. The van der Waals surface area contributed by atoms with Gasteiger partial charge in [0.15, 0.2) is 9.84 Å². The van der Waals surface area contributed by atoms with E-state index < -0.39 is 21.7 Å².